The number of nitrogens with one attached hydrogen (secondary N) is 3. The van der Waals surface area contributed by atoms with Gasteiger partial charge in [0.15, 0.2) is 5.65 Å². The summed E-state index contributed by atoms with van der Waals surface area (Å²) in [6, 6.07) is 12.4. The molecule has 0 aliphatic carbocycles. The summed E-state index contributed by atoms with van der Waals surface area (Å²) >= 11 is 0. The third-order valence-electron chi connectivity index (χ3n) is 5.37. The van der Waals surface area contributed by atoms with E-state index in [1.54, 1.807) is 30.1 Å². The summed E-state index contributed by atoms with van der Waals surface area (Å²) in [4.78, 5) is 31.2. The summed E-state index contributed by atoms with van der Waals surface area (Å²) in [5, 5.41) is 17.4. The second-order valence-corrected chi connectivity index (χ2v) is 8.44. The summed E-state index contributed by atoms with van der Waals surface area (Å²) in [5.41, 5.74) is 3.31. The second kappa shape index (κ2) is 9.23. The summed E-state index contributed by atoms with van der Waals surface area (Å²) in [6.45, 7) is 5.86. The van der Waals surface area contributed by atoms with Crippen molar-refractivity contribution in [3.8, 4) is 11.3 Å². The van der Waals surface area contributed by atoms with Crippen LogP contribution in [0.1, 0.15) is 36.3 Å². The monoisotopic (exact) mass is 445 g/mol. The molecule has 1 unspecified atom stereocenters. The van der Waals surface area contributed by atoms with Crippen molar-refractivity contribution in [2.24, 2.45) is 13.0 Å². The second-order valence-electron chi connectivity index (χ2n) is 8.44. The molecule has 33 heavy (non-hydrogen) atoms. The van der Waals surface area contributed by atoms with Crippen LogP contribution in [-0.4, -0.2) is 42.8 Å². The zero-order valence-corrected chi connectivity index (χ0v) is 19.1. The standard InChI is InChI=1S/C24H27N7O2/c1-14(2)12-19(24(33)28-20-10-11-25-29-20)27-23(32)17-13-18(16-8-6-5-7-9-16)26-22-21(17)15(3)30-31(22)4/h5-11,13-14,19H,12H2,1-4H3,(H,27,32)(H2,25,28,29,33). The maximum atomic E-state index is 13.5. The molecule has 1 aromatic carbocycles. The first-order valence-corrected chi connectivity index (χ1v) is 10.8. The van der Waals surface area contributed by atoms with Gasteiger partial charge in [-0.25, -0.2) is 4.98 Å². The lowest BCUT2D eigenvalue weighted by Gasteiger charge is -2.20. The highest BCUT2D eigenvalue weighted by molar-refractivity contribution is 6.09. The van der Waals surface area contributed by atoms with Gasteiger partial charge in [0.25, 0.3) is 5.91 Å². The summed E-state index contributed by atoms with van der Waals surface area (Å²) in [7, 11) is 1.80. The van der Waals surface area contributed by atoms with Crippen LogP contribution in [0.25, 0.3) is 22.3 Å². The molecule has 2 amide bonds. The molecule has 0 saturated heterocycles. The molecule has 9 heteroatoms. The Bertz CT molecular complexity index is 1280. The van der Waals surface area contributed by atoms with E-state index in [0.29, 0.717) is 40.2 Å². The first-order valence-electron chi connectivity index (χ1n) is 10.8. The lowest BCUT2D eigenvalue weighted by Crippen LogP contribution is -2.44. The van der Waals surface area contributed by atoms with Crippen LogP contribution in [0, 0.1) is 12.8 Å². The molecule has 0 fully saturated rings. The van der Waals surface area contributed by atoms with Crippen LogP contribution >= 0.6 is 0 Å². The van der Waals surface area contributed by atoms with Crippen LogP contribution in [0.5, 0.6) is 0 Å². The Kier molecular flexibility index (Phi) is 6.21. The van der Waals surface area contributed by atoms with Gasteiger partial charge >= 0.3 is 0 Å². The largest absolute Gasteiger partial charge is 0.340 e. The van der Waals surface area contributed by atoms with E-state index in [0.717, 1.165) is 5.56 Å². The van der Waals surface area contributed by atoms with Crippen LogP contribution in [0.2, 0.25) is 0 Å². The van der Waals surface area contributed by atoms with E-state index in [1.807, 2.05) is 51.1 Å². The van der Waals surface area contributed by atoms with Gasteiger partial charge in [0.1, 0.15) is 11.9 Å². The highest BCUT2D eigenvalue weighted by Crippen LogP contribution is 2.27. The van der Waals surface area contributed by atoms with Gasteiger partial charge in [-0.15, -0.1) is 0 Å². The zero-order chi connectivity index (χ0) is 23.5. The summed E-state index contributed by atoms with van der Waals surface area (Å²) in [6.07, 6.45) is 2.03. The Morgan fingerprint density at radius 1 is 1.15 bits per heavy atom. The van der Waals surface area contributed by atoms with Gasteiger partial charge in [0.2, 0.25) is 5.91 Å². The quantitative estimate of drug-likeness (QED) is 0.403. The molecule has 3 heterocycles. The Labute approximate surface area is 191 Å². The van der Waals surface area contributed by atoms with Crippen molar-refractivity contribution in [2.45, 2.75) is 33.2 Å². The molecule has 1 atom stereocenters. The van der Waals surface area contributed by atoms with Gasteiger partial charge < -0.3 is 10.6 Å². The van der Waals surface area contributed by atoms with Crippen LogP contribution in [0.4, 0.5) is 5.82 Å². The fourth-order valence-electron chi connectivity index (χ4n) is 3.86. The molecule has 0 radical (unpaired) electrons. The molecule has 0 aliphatic heterocycles. The number of amides is 2. The Hall–Kier alpha value is -4.01. The molecule has 3 aromatic heterocycles. The molecule has 0 bridgehead atoms. The third kappa shape index (κ3) is 4.77. The number of benzene rings is 1. The van der Waals surface area contributed by atoms with E-state index in [-0.39, 0.29) is 17.7 Å². The summed E-state index contributed by atoms with van der Waals surface area (Å²) in [5.74, 6) is 0.0166. The molecule has 4 rings (SSSR count). The summed E-state index contributed by atoms with van der Waals surface area (Å²) < 4.78 is 1.67. The molecular weight excluding hydrogens is 418 g/mol. The van der Waals surface area contributed by atoms with Crippen molar-refractivity contribution in [2.75, 3.05) is 5.32 Å². The van der Waals surface area contributed by atoms with E-state index in [1.165, 1.54) is 0 Å². The average molecular weight is 446 g/mol. The highest BCUT2D eigenvalue weighted by Gasteiger charge is 2.26. The minimum Gasteiger partial charge on any atom is -0.340 e. The number of pyridine rings is 1. The lowest BCUT2D eigenvalue weighted by atomic mass is 10.0. The van der Waals surface area contributed by atoms with Gasteiger partial charge in [0.05, 0.1) is 28.5 Å². The SMILES string of the molecule is Cc1nn(C)c2nc(-c3ccccc3)cc(C(=O)NC(CC(C)C)C(=O)Nc3ccn[nH]3)c12. The van der Waals surface area contributed by atoms with Crippen LogP contribution < -0.4 is 10.6 Å². The Balaban J connectivity index is 1.71. The van der Waals surface area contributed by atoms with Gasteiger partial charge in [0, 0.05) is 18.7 Å². The number of nitrogens with zero attached hydrogens (tertiary/aromatic N) is 4. The van der Waals surface area contributed by atoms with Gasteiger partial charge in [-0.05, 0) is 25.3 Å². The molecular formula is C24H27N7O2. The van der Waals surface area contributed by atoms with Crippen molar-refractivity contribution in [3.63, 3.8) is 0 Å². The van der Waals surface area contributed by atoms with Gasteiger partial charge in [-0.2, -0.15) is 10.2 Å². The molecule has 0 spiro atoms. The van der Waals surface area contributed by atoms with Crippen molar-refractivity contribution < 1.29 is 9.59 Å². The maximum Gasteiger partial charge on any atom is 0.252 e. The Morgan fingerprint density at radius 2 is 1.91 bits per heavy atom. The molecule has 3 N–H and O–H groups in total. The molecule has 4 aromatic rings. The van der Waals surface area contributed by atoms with Crippen LogP contribution in [-0.2, 0) is 11.8 Å². The number of H-pyrrole nitrogens is 1. The van der Waals surface area contributed by atoms with E-state index >= 15 is 0 Å². The van der Waals surface area contributed by atoms with Crippen molar-refractivity contribution in [3.05, 3.63) is 59.9 Å². The number of aromatic amines is 1. The first kappa shape index (κ1) is 22.2. The zero-order valence-electron chi connectivity index (χ0n) is 19.1. The number of rotatable bonds is 7. The predicted molar refractivity (Wildman–Crippen MR) is 127 cm³/mol. The number of hydrogen-bond donors (Lipinski definition) is 3. The van der Waals surface area contributed by atoms with Crippen molar-refractivity contribution in [1.82, 2.24) is 30.3 Å². The van der Waals surface area contributed by atoms with E-state index in [4.69, 9.17) is 4.98 Å². The van der Waals surface area contributed by atoms with Crippen molar-refractivity contribution >= 4 is 28.7 Å². The number of aromatic nitrogens is 5. The van der Waals surface area contributed by atoms with E-state index in [2.05, 4.69) is 25.9 Å². The number of carbonyl (C=O) groups excluding carboxylic acids is 2. The van der Waals surface area contributed by atoms with E-state index < -0.39 is 6.04 Å². The first-order chi connectivity index (χ1) is 15.8. The molecule has 0 aliphatic rings. The average Bonchev–Trinajstić information content (AvgIpc) is 3.40. The van der Waals surface area contributed by atoms with Crippen LogP contribution in [0.3, 0.4) is 0 Å². The normalized spacial score (nSPS) is 12.2. The van der Waals surface area contributed by atoms with Gasteiger partial charge in [-0.1, -0.05) is 44.2 Å². The number of hydrogen-bond acceptors (Lipinski definition) is 5. The number of fused-ring (bicyclic) bond motifs is 1. The van der Waals surface area contributed by atoms with Gasteiger partial charge in [-0.3, -0.25) is 19.4 Å². The fraction of sp³-hybridized carbons (Fsp3) is 0.292. The predicted octanol–water partition coefficient (Wildman–Crippen LogP) is 3.45. The molecule has 0 saturated carbocycles. The molecule has 9 nitrogen and oxygen atoms in total. The minimum absolute atomic E-state index is 0.195. The molecule has 170 valence electrons. The van der Waals surface area contributed by atoms with Crippen molar-refractivity contribution in [1.29, 1.82) is 0 Å². The minimum atomic E-state index is -0.721. The maximum absolute atomic E-state index is 13.5. The topological polar surface area (TPSA) is 118 Å². The number of anilines is 1. The number of carbonyl (C=O) groups is 2. The lowest BCUT2D eigenvalue weighted by molar-refractivity contribution is -0.118. The highest BCUT2D eigenvalue weighted by atomic mass is 16.2. The third-order valence-corrected chi connectivity index (χ3v) is 5.37. The fourth-order valence-corrected chi connectivity index (χ4v) is 3.86. The number of aryl methyl sites for hydroxylation is 2. The Morgan fingerprint density at radius 3 is 2.58 bits per heavy atom. The van der Waals surface area contributed by atoms with E-state index in [9.17, 15) is 9.59 Å². The van der Waals surface area contributed by atoms with Crippen LogP contribution in [0.15, 0.2) is 48.7 Å². The smallest absolute Gasteiger partial charge is 0.252 e.